The lowest BCUT2D eigenvalue weighted by Crippen LogP contribution is -2.49. The highest BCUT2D eigenvalue weighted by Gasteiger charge is 2.49. The zero-order valence-electron chi connectivity index (χ0n) is 20.7. The van der Waals surface area contributed by atoms with Crippen LogP contribution in [-0.4, -0.2) is 85.7 Å². The van der Waals surface area contributed by atoms with Crippen LogP contribution in [-0.2, 0) is 20.9 Å². The van der Waals surface area contributed by atoms with E-state index in [-0.39, 0.29) is 11.8 Å². The summed E-state index contributed by atoms with van der Waals surface area (Å²) >= 11 is 0. The Balaban J connectivity index is 0.000000333. The Hall–Kier alpha value is -4.24. The molecule has 2 aromatic heterocycles. The van der Waals surface area contributed by atoms with E-state index < -0.39 is 29.7 Å². The maximum absolute atomic E-state index is 13.1. The summed E-state index contributed by atoms with van der Waals surface area (Å²) < 4.78 is 63.5. The Labute approximate surface area is 223 Å². The summed E-state index contributed by atoms with van der Waals surface area (Å²) in [7, 11) is 0. The zero-order valence-corrected chi connectivity index (χ0v) is 20.7. The van der Waals surface area contributed by atoms with E-state index in [1.54, 1.807) is 36.9 Å². The maximum atomic E-state index is 13.1. The maximum Gasteiger partial charge on any atom is 0.490 e. The van der Waals surface area contributed by atoms with Gasteiger partial charge in [-0.1, -0.05) is 6.07 Å². The second-order valence-corrected chi connectivity index (χ2v) is 8.80. The molecule has 2 aliphatic rings. The van der Waals surface area contributed by atoms with E-state index in [9.17, 15) is 35.9 Å². The van der Waals surface area contributed by atoms with Gasteiger partial charge in [0.1, 0.15) is 0 Å². The number of carbonyl (C=O) groups excluding carboxylic acids is 2. The van der Waals surface area contributed by atoms with Crippen LogP contribution in [0.4, 0.5) is 26.3 Å². The van der Waals surface area contributed by atoms with E-state index in [0.717, 1.165) is 31.4 Å². The van der Waals surface area contributed by atoms with E-state index in [2.05, 4.69) is 9.97 Å². The van der Waals surface area contributed by atoms with Crippen LogP contribution in [0.15, 0.2) is 49.1 Å². The molecule has 2 aromatic rings. The molecule has 0 bridgehead atoms. The van der Waals surface area contributed by atoms with Crippen molar-refractivity contribution in [1.29, 1.82) is 0 Å². The first kappa shape index (κ1) is 32.0. The average molecular weight is 578 g/mol. The molecule has 2 amide bonds. The molecule has 2 saturated heterocycles. The number of hydrogen-bond donors (Lipinski definition) is 2. The molecule has 16 heteroatoms. The van der Waals surface area contributed by atoms with Crippen molar-refractivity contribution in [2.45, 2.75) is 38.2 Å². The highest BCUT2D eigenvalue weighted by Crippen LogP contribution is 2.41. The Morgan fingerprint density at radius 2 is 1.43 bits per heavy atom. The van der Waals surface area contributed by atoms with Crippen molar-refractivity contribution in [2.24, 2.45) is 5.41 Å². The number of halogens is 6. The van der Waals surface area contributed by atoms with Crippen molar-refractivity contribution in [2.75, 3.05) is 19.6 Å². The molecular formula is C24H24F6N4O6. The van der Waals surface area contributed by atoms with E-state index in [1.165, 1.54) is 0 Å². The minimum absolute atomic E-state index is 0.0318. The largest absolute Gasteiger partial charge is 0.490 e. The number of rotatable bonds is 3. The van der Waals surface area contributed by atoms with E-state index in [0.29, 0.717) is 25.2 Å². The third-order valence-corrected chi connectivity index (χ3v) is 5.95. The molecule has 2 N–H and O–H groups in total. The summed E-state index contributed by atoms with van der Waals surface area (Å²) in [5.74, 6) is -5.37. The molecule has 1 spiro atoms. The van der Waals surface area contributed by atoms with Crippen molar-refractivity contribution in [3.63, 3.8) is 0 Å². The number of aliphatic carboxylic acids is 2. The Kier molecular flexibility index (Phi) is 10.6. The SMILES string of the molecule is O=C(O)C(F)(F)F.O=C(O)C(F)(F)F.O=C(c1cccnc1)N1CCCC2(CCN(Cc3cccnc3)C2=O)C1. The lowest BCUT2D eigenvalue weighted by molar-refractivity contribution is -0.193. The van der Waals surface area contributed by atoms with Crippen LogP contribution < -0.4 is 0 Å². The lowest BCUT2D eigenvalue weighted by atomic mass is 9.78. The van der Waals surface area contributed by atoms with Crippen LogP contribution in [0.25, 0.3) is 0 Å². The molecule has 40 heavy (non-hydrogen) atoms. The molecule has 1 unspecified atom stereocenters. The van der Waals surface area contributed by atoms with Crippen molar-refractivity contribution >= 4 is 23.8 Å². The summed E-state index contributed by atoms with van der Waals surface area (Å²) in [6, 6.07) is 7.43. The van der Waals surface area contributed by atoms with Gasteiger partial charge in [0.2, 0.25) is 5.91 Å². The van der Waals surface area contributed by atoms with Gasteiger partial charge in [0.05, 0.1) is 11.0 Å². The molecule has 0 radical (unpaired) electrons. The van der Waals surface area contributed by atoms with Gasteiger partial charge in [0.15, 0.2) is 0 Å². The summed E-state index contributed by atoms with van der Waals surface area (Å²) in [4.78, 5) is 55.6. The molecule has 2 aliphatic heterocycles. The molecule has 0 saturated carbocycles. The number of hydrogen-bond acceptors (Lipinski definition) is 6. The van der Waals surface area contributed by atoms with Crippen LogP contribution in [0.2, 0.25) is 0 Å². The van der Waals surface area contributed by atoms with Gasteiger partial charge in [0.25, 0.3) is 5.91 Å². The van der Waals surface area contributed by atoms with Crippen LogP contribution in [0.3, 0.4) is 0 Å². The summed E-state index contributed by atoms with van der Waals surface area (Å²) in [5.41, 5.74) is 1.19. The van der Waals surface area contributed by atoms with Gasteiger partial charge < -0.3 is 20.0 Å². The molecule has 0 aromatic carbocycles. The van der Waals surface area contributed by atoms with Crippen molar-refractivity contribution in [3.05, 3.63) is 60.2 Å². The van der Waals surface area contributed by atoms with Crippen molar-refractivity contribution in [1.82, 2.24) is 19.8 Å². The lowest BCUT2D eigenvalue weighted by Gasteiger charge is -2.39. The molecule has 0 aliphatic carbocycles. The fourth-order valence-corrected chi connectivity index (χ4v) is 4.11. The Morgan fingerprint density at radius 3 is 1.90 bits per heavy atom. The van der Waals surface area contributed by atoms with E-state index >= 15 is 0 Å². The molecule has 218 valence electrons. The highest BCUT2D eigenvalue weighted by molar-refractivity contribution is 5.95. The standard InChI is InChI=1S/C20H22N4O2.2C2HF3O2/c25-18(17-5-2-9-22-13-17)24-10-3-6-20(15-24)7-11-23(19(20)26)14-16-4-1-8-21-12-16;2*3-2(4,5)1(6)7/h1-2,4-5,8-9,12-13H,3,6-7,10-11,14-15H2;2*(H,6,7). The van der Waals surface area contributed by atoms with Crippen LogP contribution in [0.5, 0.6) is 0 Å². The fraction of sp³-hybridized carbons (Fsp3) is 0.417. The molecule has 4 rings (SSSR count). The monoisotopic (exact) mass is 578 g/mol. The number of pyridine rings is 2. The van der Waals surface area contributed by atoms with Crippen LogP contribution >= 0.6 is 0 Å². The number of amides is 2. The summed E-state index contributed by atoms with van der Waals surface area (Å²) in [6.07, 6.45) is -0.856. The number of likely N-dealkylation sites (tertiary alicyclic amines) is 2. The van der Waals surface area contributed by atoms with Gasteiger partial charge in [-0.05, 0) is 43.0 Å². The van der Waals surface area contributed by atoms with Gasteiger partial charge in [-0.15, -0.1) is 0 Å². The number of carboxylic acid groups (broad SMARTS) is 2. The minimum Gasteiger partial charge on any atom is -0.475 e. The minimum atomic E-state index is -5.08. The van der Waals surface area contributed by atoms with Gasteiger partial charge in [-0.3, -0.25) is 19.6 Å². The second-order valence-electron chi connectivity index (χ2n) is 8.80. The zero-order chi connectivity index (χ0) is 30.1. The second kappa shape index (κ2) is 13.2. The quantitative estimate of drug-likeness (QED) is 0.528. The average Bonchev–Trinajstić information content (AvgIpc) is 3.18. The van der Waals surface area contributed by atoms with Gasteiger partial charge >= 0.3 is 24.3 Å². The molecular weight excluding hydrogens is 554 g/mol. The van der Waals surface area contributed by atoms with Crippen molar-refractivity contribution in [3.8, 4) is 0 Å². The number of nitrogens with zero attached hydrogens (tertiary/aromatic N) is 4. The number of carboxylic acids is 2. The number of alkyl halides is 6. The van der Waals surface area contributed by atoms with E-state index in [4.69, 9.17) is 19.8 Å². The Bertz CT molecular complexity index is 1160. The van der Waals surface area contributed by atoms with Gasteiger partial charge in [-0.2, -0.15) is 26.3 Å². The van der Waals surface area contributed by atoms with Crippen LogP contribution in [0, 0.1) is 5.41 Å². The molecule has 4 heterocycles. The smallest absolute Gasteiger partial charge is 0.475 e. The first-order chi connectivity index (χ1) is 18.6. The van der Waals surface area contributed by atoms with Gasteiger partial charge in [0, 0.05) is 51.0 Å². The number of piperidine rings is 1. The number of aromatic nitrogens is 2. The predicted molar refractivity (Wildman–Crippen MR) is 123 cm³/mol. The third kappa shape index (κ3) is 8.91. The topological polar surface area (TPSA) is 141 Å². The van der Waals surface area contributed by atoms with Crippen LogP contribution in [0.1, 0.15) is 35.2 Å². The molecule has 2 fully saturated rings. The number of carbonyl (C=O) groups is 4. The summed E-state index contributed by atoms with van der Waals surface area (Å²) in [5, 5.41) is 14.2. The first-order valence-corrected chi connectivity index (χ1v) is 11.5. The van der Waals surface area contributed by atoms with E-state index in [1.807, 2.05) is 21.9 Å². The Morgan fingerprint density at radius 1 is 0.875 bits per heavy atom. The third-order valence-electron chi connectivity index (χ3n) is 5.95. The normalized spacial score (nSPS) is 18.8. The van der Waals surface area contributed by atoms with Crippen molar-refractivity contribution < 1.29 is 55.7 Å². The predicted octanol–water partition coefficient (Wildman–Crippen LogP) is 3.40. The fourth-order valence-electron chi connectivity index (χ4n) is 4.11. The molecule has 1 atom stereocenters. The molecule has 10 nitrogen and oxygen atoms in total. The highest BCUT2D eigenvalue weighted by atomic mass is 19.4. The first-order valence-electron chi connectivity index (χ1n) is 11.5. The summed E-state index contributed by atoms with van der Waals surface area (Å²) in [6.45, 7) is 2.53. The van der Waals surface area contributed by atoms with Gasteiger partial charge in [-0.25, -0.2) is 9.59 Å².